The second kappa shape index (κ2) is 8.31. The minimum atomic E-state index is -4.44. The number of fused-ring (bicyclic) bond motifs is 1. The number of hydrogen-bond acceptors (Lipinski definition) is 7. The average Bonchev–Trinajstić information content (AvgIpc) is 3.10. The van der Waals surface area contributed by atoms with Crippen LogP contribution in [0.3, 0.4) is 0 Å². The van der Waals surface area contributed by atoms with Crippen LogP contribution in [-0.2, 0) is 10.0 Å². The summed E-state index contributed by atoms with van der Waals surface area (Å²) in [5, 5.41) is 14.0. The number of alkyl halides is 2. The van der Waals surface area contributed by atoms with E-state index < -0.39 is 45.4 Å². The molecule has 9 nitrogen and oxygen atoms in total. The fourth-order valence-electron chi connectivity index (χ4n) is 4.58. The number of pyridine rings is 1. The molecular formula is C20H27F2N5O4S. The van der Waals surface area contributed by atoms with Gasteiger partial charge in [-0.15, -0.1) is 0 Å². The first-order valence-electron chi connectivity index (χ1n) is 12.3. The number of aliphatic hydroxyl groups is 1. The Labute approximate surface area is 190 Å². The largest absolute Gasteiger partial charge is 0.388 e. The van der Waals surface area contributed by atoms with Gasteiger partial charge in [-0.1, -0.05) is 0 Å². The molecule has 2 N–H and O–H groups in total. The average molecular weight is 476 g/mol. The van der Waals surface area contributed by atoms with E-state index in [-0.39, 0.29) is 49.0 Å². The van der Waals surface area contributed by atoms with Crippen molar-refractivity contribution < 1.29 is 27.8 Å². The van der Waals surface area contributed by atoms with Gasteiger partial charge in [0, 0.05) is 34.8 Å². The third kappa shape index (κ3) is 4.35. The molecule has 0 spiro atoms. The third-order valence-electron chi connectivity index (χ3n) is 6.29. The zero-order valence-electron chi connectivity index (χ0n) is 21.4. The van der Waals surface area contributed by atoms with Crippen LogP contribution in [0.2, 0.25) is 0 Å². The van der Waals surface area contributed by atoms with Gasteiger partial charge in [0.25, 0.3) is 12.0 Å². The van der Waals surface area contributed by atoms with Gasteiger partial charge in [-0.3, -0.25) is 9.36 Å². The van der Waals surface area contributed by atoms with Crippen LogP contribution in [0.4, 0.5) is 14.7 Å². The first-order chi connectivity index (χ1) is 16.5. The van der Waals surface area contributed by atoms with E-state index >= 15 is 0 Å². The molecule has 1 saturated heterocycles. The zero-order valence-corrected chi connectivity index (χ0v) is 18.2. The van der Waals surface area contributed by atoms with Gasteiger partial charge < -0.3 is 10.4 Å². The Hall–Kier alpha value is -2.18. The predicted molar refractivity (Wildman–Crippen MR) is 115 cm³/mol. The van der Waals surface area contributed by atoms with Gasteiger partial charge in [0.15, 0.2) is 0 Å². The quantitative estimate of drug-likeness (QED) is 0.680. The molecule has 2 fully saturated rings. The fraction of sp³-hybridized carbons (Fsp3) is 0.650. The van der Waals surface area contributed by atoms with E-state index in [2.05, 4.69) is 15.3 Å². The van der Waals surface area contributed by atoms with Crippen LogP contribution in [0.25, 0.3) is 11.0 Å². The Morgan fingerprint density at radius 1 is 1.38 bits per heavy atom. The van der Waals surface area contributed by atoms with E-state index in [4.69, 9.17) is 5.48 Å². The Bertz CT molecular complexity index is 1320. The summed E-state index contributed by atoms with van der Waals surface area (Å²) in [5.74, 6) is 0.0656. The molecule has 2 aromatic rings. The highest BCUT2D eigenvalue weighted by Crippen LogP contribution is 2.39. The van der Waals surface area contributed by atoms with Crippen molar-refractivity contribution in [1.29, 1.82) is 0 Å². The number of halogens is 2. The summed E-state index contributed by atoms with van der Waals surface area (Å²) in [4.78, 5) is 21.6. The minimum absolute atomic E-state index is 0.0242. The van der Waals surface area contributed by atoms with Gasteiger partial charge in [-0.25, -0.2) is 26.5 Å². The number of piperidine rings is 1. The lowest BCUT2D eigenvalue weighted by Crippen LogP contribution is -2.42. The van der Waals surface area contributed by atoms with Crippen LogP contribution in [0.5, 0.6) is 0 Å². The molecule has 0 radical (unpaired) electrons. The standard InChI is InChI=1S/C20H27F2N5O4S/c1-20(29)7-3-4-15(20)27-17-12(10-14(16(21)22)18(27)28)11-23-19(25-17)24-13-5-8-26(9-6-13)32(2,30)31/h10-11,13,15-16,29H,3-9H2,1-2H3,(H,23,24,25)/t15-,20-/m1/s1/i2D3,16D. The van der Waals surface area contributed by atoms with Crippen LogP contribution in [0, 0.1) is 0 Å². The third-order valence-corrected chi connectivity index (χ3v) is 7.34. The van der Waals surface area contributed by atoms with Crippen molar-refractivity contribution in [3.63, 3.8) is 0 Å². The van der Waals surface area contributed by atoms with Gasteiger partial charge in [0.2, 0.25) is 16.0 Å². The topological polar surface area (TPSA) is 117 Å². The molecule has 0 unspecified atom stereocenters. The number of aromatic nitrogens is 3. The van der Waals surface area contributed by atoms with E-state index in [0.29, 0.717) is 19.3 Å². The summed E-state index contributed by atoms with van der Waals surface area (Å²) < 4.78 is 83.0. The number of nitrogens with one attached hydrogen (secondary N) is 1. The summed E-state index contributed by atoms with van der Waals surface area (Å²) in [6.45, 7) is 1.48. The first-order valence-corrected chi connectivity index (χ1v) is 11.8. The normalized spacial score (nSPS) is 28.2. The molecule has 12 heteroatoms. The van der Waals surface area contributed by atoms with Gasteiger partial charge in [-0.2, -0.15) is 4.98 Å². The smallest absolute Gasteiger partial charge is 0.269 e. The van der Waals surface area contributed by atoms with Crippen LogP contribution in [0.1, 0.15) is 62.5 Å². The van der Waals surface area contributed by atoms with E-state index in [1.54, 1.807) is 0 Å². The molecule has 32 heavy (non-hydrogen) atoms. The number of nitrogens with zero attached hydrogens (tertiary/aromatic N) is 4. The zero-order chi connectivity index (χ0) is 26.7. The minimum Gasteiger partial charge on any atom is -0.388 e. The van der Waals surface area contributed by atoms with E-state index in [1.807, 2.05) is 0 Å². The molecule has 0 amide bonds. The van der Waals surface area contributed by atoms with Crippen molar-refractivity contribution in [1.82, 2.24) is 18.8 Å². The van der Waals surface area contributed by atoms with Crippen molar-refractivity contribution in [3.05, 3.63) is 28.2 Å². The molecule has 176 valence electrons. The van der Waals surface area contributed by atoms with Crippen molar-refractivity contribution in [2.45, 2.75) is 63.1 Å². The maximum atomic E-state index is 13.9. The molecule has 1 aliphatic heterocycles. The fourth-order valence-corrected chi connectivity index (χ4v) is 5.27. The van der Waals surface area contributed by atoms with E-state index in [1.165, 1.54) is 13.1 Å². The molecular weight excluding hydrogens is 444 g/mol. The molecule has 3 heterocycles. The Balaban J connectivity index is 1.66. The highest BCUT2D eigenvalue weighted by Gasteiger charge is 2.40. The number of hydrogen-bond donors (Lipinski definition) is 2. The molecule has 1 saturated carbocycles. The molecule has 0 aromatic carbocycles. The van der Waals surface area contributed by atoms with Crippen molar-refractivity contribution >= 4 is 27.0 Å². The predicted octanol–water partition coefficient (Wildman–Crippen LogP) is 2.04. The van der Waals surface area contributed by atoms with Gasteiger partial charge >= 0.3 is 0 Å². The molecule has 2 aromatic heterocycles. The summed E-state index contributed by atoms with van der Waals surface area (Å²) in [5.41, 5.74) is -3.46. The van der Waals surface area contributed by atoms with Gasteiger partial charge in [0.1, 0.15) is 7.02 Å². The highest BCUT2D eigenvalue weighted by atomic mass is 32.2. The van der Waals surface area contributed by atoms with Crippen LogP contribution in [0.15, 0.2) is 17.1 Å². The Morgan fingerprint density at radius 2 is 2.09 bits per heavy atom. The Morgan fingerprint density at radius 3 is 2.69 bits per heavy atom. The lowest BCUT2D eigenvalue weighted by molar-refractivity contribution is 0.0261. The summed E-state index contributed by atoms with van der Waals surface area (Å²) in [7, 11) is -4.44. The maximum Gasteiger partial charge on any atom is 0.269 e. The van der Waals surface area contributed by atoms with Crippen molar-refractivity contribution in [3.8, 4) is 0 Å². The van der Waals surface area contributed by atoms with E-state index in [9.17, 15) is 27.1 Å². The summed E-state index contributed by atoms with van der Waals surface area (Å²) >= 11 is 0. The lowest BCUT2D eigenvalue weighted by atomic mass is 9.99. The second-order valence-electron chi connectivity index (χ2n) is 8.55. The molecule has 0 bridgehead atoms. The van der Waals surface area contributed by atoms with E-state index in [0.717, 1.165) is 14.9 Å². The maximum absolute atomic E-state index is 13.9. The Kier molecular flexibility index (Phi) is 4.74. The molecule has 1 aliphatic carbocycles. The second-order valence-corrected chi connectivity index (χ2v) is 10.0. The lowest BCUT2D eigenvalue weighted by Gasteiger charge is -2.31. The molecule has 2 aliphatic rings. The van der Waals surface area contributed by atoms with Gasteiger partial charge in [-0.05, 0) is 45.1 Å². The van der Waals surface area contributed by atoms with Crippen molar-refractivity contribution in [2.24, 2.45) is 0 Å². The molecule has 4 rings (SSSR count). The summed E-state index contributed by atoms with van der Waals surface area (Å²) in [6.07, 6.45) is -4.23. The monoisotopic (exact) mass is 475 g/mol. The van der Waals surface area contributed by atoms with Crippen LogP contribution in [-0.4, -0.2) is 63.3 Å². The summed E-state index contributed by atoms with van der Waals surface area (Å²) in [6, 6.07) is -0.254. The SMILES string of the molecule is [2H]C(F)(F)c1cc2cnc(NC3CCN(S(=O)(=O)C([2H])([2H])[2H])CC3)nc2n([C@@H]2CCC[C@@]2(C)O)c1=O. The first kappa shape index (κ1) is 18.3. The molecule has 2 atom stereocenters. The van der Waals surface area contributed by atoms with Gasteiger partial charge in [0.05, 0.1) is 23.4 Å². The number of anilines is 1. The number of rotatable bonds is 5. The highest BCUT2D eigenvalue weighted by molar-refractivity contribution is 7.88. The number of sulfonamides is 1. The van der Waals surface area contributed by atoms with Crippen LogP contribution >= 0.6 is 0 Å². The van der Waals surface area contributed by atoms with Crippen LogP contribution < -0.4 is 10.9 Å². The van der Waals surface area contributed by atoms with Crippen molar-refractivity contribution in [2.75, 3.05) is 24.6 Å².